The van der Waals surface area contributed by atoms with Crippen molar-refractivity contribution in [2.24, 2.45) is 0 Å². The van der Waals surface area contributed by atoms with Gasteiger partial charge in [-0.3, -0.25) is 0 Å². The van der Waals surface area contributed by atoms with Gasteiger partial charge in [-0.05, 0) is 58.8 Å². The van der Waals surface area contributed by atoms with Crippen molar-refractivity contribution in [2.45, 2.75) is 13.2 Å². The number of nitrogens with zero attached hydrogens (tertiary/aromatic N) is 1. The predicted molar refractivity (Wildman–Crippen MR) is 131 cm³/mol. The third-order valence-corrected chi connectivity index (χ3v) is 6.02. The Kier molecular flexibility index (Phi) is 6.40. The van der Waals surface area contributed by atoms with E-state index >= 15 is 0 Å². The van der Waals surface area contributed by atoms with Crippen LogP contribution in [0.4, 0.5) is 15.8 Å². The van der Waals surface area contributed by atoms with Crippen molar-refractivity contribution in [3.8, 4) is 5.75 Å². The van der Waals surface area contributed by atoms with Gasteiger partial charge >= 0.3 is 0 Å². The van der Waals surface area contributed by atoms with Crippen molar-refractivity contribution in [3.05, 3.63) is 102 Å². The molecule has 5 heteroatoms. The molecule has 0 spiro atoms. The van der Waals surface area contributed by atoms with E-state index in [1.807, 2.05) is 18.2 Å². The molecule has 0 atom stereocenters. The molecule has 5 rings (SSSR count). The van der Waals surface area contributed by atoms with Crippen molar-refractivity contribution in [1.29, 1.82) is 0 Å². The van der Waals surface area contributed by atoms with E-state index in [9.17, 15) is 4.39 Å². The van der Waals surface area contributed by atoms with Gasteiger partial charge in [0.25, 0.3) is 0 Å². The van der Waals surface area contributed by atoms with Gasteiger partial charge in [-0.1, -0.05) is 42.5 Å². The van der Waals surface area contributed by atoms with Crippen LogP contribution in [0.1, 0.15) is 11.1 Å². The van der Waals surface area contributed by atoms with E-state index in [2.05, 4.69) is 52.7 Å². The summed E-state index contributed by atoms with van der Waals surface area (Å²) >= 11 is 0. The van der Waals surface area contributed by atoms with E-state index in [0.29, 0.717) is 13.2 Å². The van der Waals surface area contributed by atoms with Crippen LogP contribution in [-0.2, 0) is 17.9 Å². The van der Waals surface area contributed by atoms with Crippen molar-refractivity contribution in [1.82, 2.24) is 0 Å². The van der Waals surface area contributed by atoms with Crippen LogP contribution in [0, 0.1) is 5.82 Å². The lowest BCUT2D eigenvalue weighted by Crippen LogP contribution is -2.36. The van der Waals surface area contributed by atoms with E-state index in [0.717, 1.165) is 54.3 Å². The molecular weight excluding hydrogens is 415 g/mol. The fourth-order valence-corrected chi connectivity index (χ4v) is 4.18. The topological polar surface area (TPSA) is 33.7 Å². The van der Waals surface area contributed by atoms with E-state index in [1.54, 1.807) is 12.1 Å². The molecule has 0 bridgehead atoms. The minimum Gasteiger partial charge on any atom is -0.489 e. The van der Waals surface area contributed by atoms with Crippen LogP contribution >= 0.6 is 0 Å². The first kappa shape index (κ1) is 21.3. The van der Waals surface area contributed by atoms with Crippen LogP contribution in [0.3, 0.4) is 0 Å². The molecule has 0 saturated carbocycles. The first-order valence-electron chi connectivity index (χ1n) is 11.3. The highest BCUT2D eigenvalue weighted by Gasteiger charge is 2.12. The molecule has 4 aromatic rings. The molecule has 4 nitrogen and oxygen atoms in total. The first-order chi connectivity index (χ1) is 16.3. The number of fused-ring (bicyclic) bond motifs is 1. The van der Waals surface area contributed by atoms with Gasteiger partial charge in [0.2, 0.25) is 0 Å². The van der Waals surface area contributed by atoms with E-state index in [-0.39, 0.29) is 5.82 Å². The van der Waals surface area contributed by atoms with Gasteiger partial charge in [-0.15, -0.1) is 0 Å². The molecule has 1 aliphatic heterocycles. The Balaban J connectivity index is 1.33. The number of hydrogen-bond donors (Lipinski definition) is 1. The third-order valence-electron chi connectivity index (χ3n) is 6.02. The fourth-order valence-electron chi connectivity index (χ4n) is 4.18. The summed E-state index contributed by atoms with van der Waals surface area (Å²) in [5.74, 6) is 0.587. The number of anilines is 2. The van der Waals surface area contributed by atoms with E-state index in [1.165, 1.54) is 23.2 Å². The largest absolute Gasteiger partial charge is 0.489 e. The van der Waals surface area contributed by atoms with Crippen molar-refractivity contribution in [3.63, 3.8) is 0 Å². The van der Waals surface area contributed by atoms with E-state index in [4.69, 9.17) is 9.47 Å². The summed E-state index contributed by atoms with van der Waals surface area (Å²) in [5.41, 5.74) is 4.32. The van der Waals surface area contributed by atoms with E-state index < -0.39 is 0 Å². The Hall–Kier alpha value is -3.57. The molecule has 1 fully saturated rings. The molecule has 0 unspecified atom stereocenters. The maximum Gasteiger partial charge on any atom is 0.125 e. The highest BCUT2D eigenvalue weighted by atomic mass is 19.1. The van der Waals surface area contributed by atoms with Crippen LogP contribution in [-0.4, -0.2) is 26.3 Å². The second-order valence-corrected chi connectivity index (χ2v) is 8.18. The molecule has 33 heavy (non-hydrogen) atoms. The Morgan fingerprint density at radius 3 is 2.39 bits per heavy atom. The summed E-state index contributed by atoms with van der Waals surface area (Å²) in [7, 11) is 0. The molecule has 1 saturated heterocycles. The summed E-state index contributed by atoms with van der Waals surface area (Å²) < 4.78 is 24.9. The van der Waals surface area contributed by atoms with Gasteiger partial charge < -0.3 is 19.7 Å². The maximum atomic E-state index is 13.2. The normalized spacial score (nSPS) is 13.8. The third kappa shape index (κ3) is 5.10. The standard InChI is InChI=1S/C28H27FN2O2/c29-23-8-5-21(6-9-23)20-33-28-14-7-22-3-1-2-4-26(22)27(28)19-30-24-10-12-25(13-11-24)31-15-17-32-18-16-31/h1-14,30H,15-20H2. The van der Waals surface area contributed by atoms with Gasteiger partial charge in [0.1, 0.15) is 18.2 Å². The molecule has 1 aliphatic rings. The number of morpholine rings is 1. The summed E-state index contributed by atoms with van der Waals surface area (Å²) in [5, 5.41) is 5.89. The van der Waals surface area contributed by atoms with Gasteiger partial charge in [0.05, 0.1) is 13.2 Å². The molecule has 0 aromatic heterocycles. The Labute approximate surface area is 193 Å². The highest BCUT2D eigenvalue weighted by molar-refractivity contribution is 5.88. The Bertz CT molecular complexity index is 1200. The second-order valence-electron chi connectivity index (χ2n) is 8.18. The van der Waals surface area contributed by atoms with Crippen LogP contribution < -0.4 is 15.0 Å². The zero-order chi connectivity index (χ0) is 22.5. The smallest absolute Gasteiger partial charge is 0.125 e. The zero-order valence-corrected chi connectivity index (χ0v) is 18.5. The summed E-state index contributed by atoms with van der Waals surface area (Å²) in [4.78, 5) is 2.35. The fraction of sp³-hybridized carbons (Fsp3) is 0.214. The molecule has 168 valence electrons. The number of ether oxygens (including phenoxy) is 2. The number of nitrogens with one attached hydrogen (secondary N) is 1. The average molecular weight is 443 g/mol. The van der Waals surface area contributed by atoms with Gasteiger partial charge in [0.15, 0.2) is 0 Å². The van der Waals surface area contributed by atoms with Gasteiger partial charge in [-0.25, -0.2) is 4.39 Å². The second kappa shape index (κ2) is 9.92. The minimum atomic E-state index is -0.242. The van der Waals surface area contributed by atoms with Crippen molar-refractivity contribution in [2.75, 3.05) is 36.5 Å². The van der Waals surface area contributed by atoms with Crippen molar-refractivity contribution >= 4 is 22.1 Å². The predicted octanol–water partition coefficient (Wildman–Crippen LogP) is 6.01. The molecule has 1 N–H and O–H groups in total. The van der Waals surface area contributed by atoms with Crippen LogP contribution in [0.25, 0.3) is 10.8 Å². The SMILES string of the molecule is Fc1ccc(COc2ccc3ccccc3c2CNc2ccc(N3CCOCC3)cc2)cc1. The Morgan fingerprint density at radius 1 is 0.848 bits per heavy atom. The van der Waals surface area contributed by atoms with Crippen LogP contribution in [0.5, 0.6) is 5.75 Å². The van der Waals surface area contributed by atoms with Gasteiger partial charge in [0, 0.05) is 36.6 Å². The highest BCUT2D eigenvalue weighted by Crippen LogP contribution is 2.30. The minimum absolute atomic E-state index is 0.242. The zero-order valence-electron chi connectivity index (χ0n) is 18.5. The quantitative estimate of drug-likeness (QED) is 0.380. The molecule has 0 aliphatic carbocycles. The molecule has 0 amide bonds. The van der Waals surface area contributed by atoms with Gasteiger partial charge in [-0.2, -0.15) is 0 Å². The lowest BCUT2D eigenvalue weighted by molar-refractivity contribution is 0.122. The summed E-state index contributed by atoms with van der Waals surface area (Å²) in [6.45, 7) is 4.44. The number of halogens is 1. The first-order valence-corrected chi connectivity index (χ1v) is 11.3. The monoisotopic (exact) mass is 442 g/mol. The number of hydrogen-bond acceptors (Lipinski definition) is 4. The molecule has 4 aromatic carbocycles. The average Bonchev–Trinajstić information content (AvgIpc) is 2.88. The molecule has 1 heterocycles. The van der Waals surface area contributed by atoms with Crippen LogP contribution in [0.15, 0.2) is 84.9 Å². The lowest BCUT2D eigenvalue weighted by Gasteiger charge is -2.29. The number of benzene rings is 4. The maximum absolute atomic E-state index is 13.2. The van der Waals surface area contributed by atoms with Crippen molar-refractivity contribution < 1.29 is 13.9 Å². The number of rotatable bonds is 7. The molecule has 0 radical (unpaired) electrons. The molecular formula is C28H27FN2O2. The summed E-state index contributed by atoms with van der Waals surface area (Å²) in [6, 6.07) is 27.4. The van der Waals surface area contributed by atoms with Crippen LogP contribution in [0.2, 0.25) is 0 Å². The Morgan fingerprint density at radius 2 is 1.61 bits per heavy atom. The summed E-state index contributed by atoms with van der Waals surface area (Å²) in [6.07, 6.45) is 0. The lowest BCUT2D eigenvalue weighted by atomic mass is 10.0.